The Hall–Kier alpha value is -2.35. The Morgan fingerprint density at radius 3 is 2.85 bits per heavy atom. The van der Waals surface area contributed by atoms with Crippen LogP contribution >= 0.6 is 0 Å². The molecule has 2 fully saturated rings. The molecule has 0 spiro atoms. The molecule has 2 aliphatic rings. The molecule has 1 saturated carbocycles. The number of likely N-dealkylation sites (tertiary alicyclic amines) is 1. The van der Waals surface area contributed by atoms with Crippen LogP contribution in [0.3, 0.4) is 0 Å². The first-order valence-electron chi connectivity index (χ1n) is 9.45. The highest BCUT2D eigenvalue weighted by Gasteiger charge is 2.42. The molecule has 0 unspecified atom stereocenters. The van der Waals surface area contributed by atoms with Gasteiger partial charge in [0, 0.05) is 24.6 Å². The average molecular weight is 354 g/mol. The number of hydrogen-bond donors (Lipinski definition) is 0. The third kappa shape index (κ3) is 3.75. The summed E-state index contributed by atoms with van der Waals surface area (Å²) in [6.45, 7) is 4.99. The Bertz CT molecular complexity index is 724. The first-order valence-corrected chi connectivity index (χ1v) is 9.45. The number of carbonyl (C=O) groups excluding carboxylic acids is 2. The van der Waals surface area contributed by atoms with Gasteiger partial charge in [-0.3, -0.25) is 9.59 Å². The van der Waals surface area contributed by atoms with E-state index >= 15 is 0 Å². The minimum absolute atomic E-state index is 0.0651. The SMILES string of the molecule is C[C@@H]1[C@@H](C)CCC[C@@H]1N1C[C@H](C(=O)OCc2ccccc2C#N)CC1=O. The molecule has 1 aromatic carbocycles. The number of esters is 1. The minimum Gasteiger partial charge on any atom is -0.460 e. The van der Waals surface area contributed by atoms with E-state index in [1.165, 1.54) is 6.42 Å². The Labute approximate surface area is 154 Å². The van der Waals surface area contributed by atoms with E-state index in [2.05, 4.69) is 19.9 Å². The van der Waals surface area contributed by atoms with Gasteiger partial charge in [-0.15, -0.1) is 0 Å². The van der Waals surface area contributed by atoms with Gasteiger partial charge in [0.2, 0.25) is 5.91 Å². The van der Waals surface area contributed by atoms with Crippen molar-refractivity contribution in [2.45, 2.75) is 52.2 Å². The second kappa shape index (κ2) is 7.90. The standard InChI is InChI=1S/C21H26N2O3/c1-14-6-5-9-19(15(14)2)23-12-18(10-20(23)24)21(25)26-13-17-8-4-3-7-16(17)11-22/h3-4,7-8,14-15,18-19H,5-6,9-10,12-13H2,1-2H3/t14-,15+,18+,19-/m0/s1. The van der Waals surface area contributed by atoms with Gasteiger partial charge in [-0.05, 0) is 24.3 Å². The summed E-state index contributed by atoms with van der Waals surface area (Å²) < 4.78 is 5.42. The van der Waals surface area contributed by atoms with Gasteiger partial charge in [0.25, 0.3) is 0 Å². The van der Waals surface area contributed by atoms with Crippen molar-refractivity contribution in [2.75, 3.05) is 6.54 Å². The van der Waals surface area contributed by atoms with Crippen LogP contribution in [0.4, 0.5) is 0 Å². The number of amides is 1. The first kappa shape index (κ1) is 18.4. The van der Waals surface area contributed by atoms with Gasteiger partial charge in [-0.2, -0.15) is 5.26 Å². The molecule has 4 atom stereocenters. The first-order chi connectivity index (χ1) is 12.5. The zero-order valence-corrected chi connectivity index (χ0v) is 15.5. The van der Waals surface area contributed by atoms with Crippen LogP contribution in [-0.4, -0.2) is 29.4 Å². The Morgan fingerprint density at radius 1 is 1.31 bits per heavy atom. The van der Waals surface area contributed by atoms with Gasteiger partial charge in [0.15, 0.2) is 0 Å². The molecular weight excluding hydrogens is 328 g/mol. The van der Waals surface area contributed by atoms with E-state index in [-0.39, 0.29) is 30.9 Å². The average Bonchev–Trinajstić information content (AvgIpc) is 3.04. The summed E-state index contributed by atoms with van der Waals surface area (Å²) in [4.78, 5) is 26.9. The summed E-state index contributed by atoms with van der Waals surface area (Å²) in [6.07, 6.45) is 3.61. The smallest absolute Gasteiger partial charge is 0.311 e. The molecule has 26 heavy (non-hydrogen) atoms. The van der Waals surface area contributed by atoms with Crippen LogP contribution < -0.4 is 0 Å². The van der Waals surface area contributed by atoms with Crippen molar-refractivity contribution in [3.05, 3.63) is 35.4 Å². The lowest BCUT2D eigenvalue weighted by atomic mass is 9.77. The molecule has 1 aliphatic heterocycles. The number of nitrogens with zero attached hydrogens (tertiary/aromatic N) is 2. The van der Waals surface area contributed by atoms with Crippen LogP contribution in [0.15, 0.2) is 24.3 Å². The molecule has 5 heteroatoms. The third-order valence-corrected chi connectivity index (χ3v) is 6.06. The van der Waals surface area contributed by atoms with Crippen molar-refractivity contribution >= 4 is 11.9 Å². The summed E-state index contributed by atoms with van der Waals surface area (Å²) >= 11 is 0. The summed E-state index contributed by atoms with van der Waals surface area (Å²) in [7, 11) is 0. The highest BCUT2D eigenvalue weighted by Crippen LogP contribution is 2.36. The predicted molar refractivity (Wildman–Crippen MR) is 96.7 cm³/mol. The maximum Gasteiger partial charge on any atom is 0.311 e. The molecule has 1 aromatic rings. The summed E-state index contributed by atoms with van der Waals surface area (Å²) in [5.41, 5.74) is 1.20. The summed E-state index contributed by atoms with van der Waals surface area (Å²) in [5, 5.41) is 9.11. The van der Waals surface area contributed by atoms with Gasteiger partial charge in [-0.1, -0.05) is 44.9 Å². The van der Waals surface area contributed by atoms with Crippen molar-refractivity contribution in [3.8, 4) is 6.07 Å². The van der Waals surface area contributed by atoms with Crippen molar-refractivity contribution in [3.63, 3.8) is 0 Å². The summed E-state index contributed by atoms with van der Waals surface area (Å²) in [6, 6.07) is 9.42. The van der Waals surface area contributed by atoms with Crippen LogP contribution in [0.1, 0.15) is 50.7 Å². The number of benzene rings is 1. The number of rotatable bonds is 4. The number of carbonyl (C=O) groups is 2. The molecular formula is C21H26N2O3. The molecule has 1 amide bonds. The van der Waals surface area contributed by atoms with Crippen molar-refractivity contribution in [1.82, 2.24) is 4.90 Å². The monoisotopic (exact) mass is 354 g/mol. The zero-order chi connectivity index (χ0) is 18.7. The largest absolute Gasteiger partial charge is 0.460 e. The molecule has 0 bridgehead atoms. The maximum absolute atomic E-state index is 12.5. The van der Waals surface area contributed by atoms with Crippen LogP contribution in [0.5, 0.6) is 0 Å². The van der Waals surface area contributed by atoms with Gasteiger partial charge in [0.05, 0.1) is 17.6 Å². The van der Waals surface area contributed by atoms with Crippen molar-refractivity contribution < 1.29 is 14.3 Å². The van der Waals surface area contributed by atoms with E-state index in [4.69, 9.17) is 10.00 Å². The Morgan fingerprint density at radius 2 is 2.08 bits per heavy atom. The molecule has 0 aromatic heterocycles. The molecule has 1 saturated heterocycles. The minimum atomic E-state index is -0.402. The fourth-order valence-electron chi connectivity index (χ4n) is 4.23. The van der Waals surface area contributed by atoms with E-state index in [0.717, 1.165) is 12.8 Å². The van der Waals surface area contributed by atoms with E-state index < -0.39 is 5.92 Å². The van der Waals surface area contributed by atoms with Crippen LogP contribution in [-0.2, 0) is 20.9 Å². The molecule has 0 radical (unpaired) electrons. The van der Waals surface area contributed by atoms with Crippen LogP contribution in [0.25, 0.3) is 0 Å². The van der Waals surface area contributed by atoms with E-state index in [0.29, 0.717) is 29.5 Å². The van der Waals surface area contributed by atoms with Gasteiger partial charge in [0.1, 0.15) is 6.61 Å². The van der Waals surface area contributed by atoms with Crippen LogP contribution in [0.2, 0.25) is 0 Å². The highest BCUT2D eigenvalue weighted by atomic mass is 16.5. The maximum atomic E-state index is 12.5. The fraction of sp³-hybridized carbons (Fsp3) is 0.571. The number of hydrogen-bond acceptors (Lipinski definition) is 4. The molecule has 1 aliphatic carbocycles. The normalized spacial score (nSPS) is 28.7. The van der Waals surface area contributed by atoms with E-state index in [9.17, 15) is 9.59 Å². The van der Waals surface area contributed by atoms with Gasteiger partial charge < -0.3 is 9.64 Å². The lowest BCUT2D eigenvalue weighted by molar-refractivity contribution is -0.149. The van der Waals surface area contributed by atoms with Gasteiger partial charge in [-0.25, -0.2) is 0 Å². The highest BCUT2D eigenvalue weighted by molar-refractivity contribution is 5.87. The van der Waals surface area contributed by atoms with Gasteiger partial charge >= 0.3 is 5.97 Å². The zero-order valence-electron chi connectivity index (χ0n) is 15.5. The lowest BCUT2D eigenvalue weighted by Gasteiger charge is -2.39. The Balaban J connectivity index is 1.59. The second-order valence-electron chi connectivity index (χ2n) is 7.66. The van der Waals surface area contributed by atoms with E-state index in [1.54, 1.807) is 18.2 Å². The number of nitriles is 1. The van der Waals surface area contributed by atoms with Crippen LogP contribution in [0, 0.1) is 29.1 Å². The topological polar surface area (TPSA) is 70.4 Å². The quantitative estimate of drug-likeness (QED) is 0.778. The fourth-order valence-corrected chi connectivity index (χ4v) is 4.23. The van der Waals surface area contributed by atoms with Crippen molar-refractivity contribution in [1.29, 1.82) is 5.26 Å². The molecule has 138 valence electrons. The molecule has 0 N–H and O–H groups in total. The lowest BCUT2D eigenvalue weighted by Crippen LogP contribution is -2.45. The molecule has 1 heterocycles. The van der Waals surface area contributed by atoms with E-state index in [1.807, 2.05) is 11.0 Å². The third-order valence-electron chi connectivity index (χ3n) is 6.06. The molecule has 5 nitrogen and oxygen atoms in total. The number of ether oxygens (including phenoxy) is 1. The summed E-state index contributed by atoms with van der Waals surface area (Å²) in [5.74, 6) is 0.390. The predicted octanol–water partition coefficient (Wildman–Crippen LogP) is 3.27. The second-order valence-corrected chi connectivity index (χ2v) is 7.66. The van der Waals surface area contributed by atoms with Crippen molar-refractivity contribution in [2.24, 2.45) is 17.8 Å². The molecule has 3 rings (SSSR count). The Kier molecular flexibility index (Phi) is 5.61.